The average molecular weight is 277 g/mol. The van der Waals surface area contributed by atoms with Gasteiger partial charge in [-0.25, -0.2) is 4.79 Å². The van der Waals surface area contributed by atoms with Gasteiger partial charge in [0.2, 0.25) is 5.91 Å². The van der Waals surface area contributed by atoms with Crippen LogP contribution in [-0.2, 0) is 15.9 Å². The third kappa shape index (κ3) is 2.77. The molecule has 0 aliphatic carbocycles. The SMILES string of the molecule is CCC(=O)NC1Cc2cccc(C(=O)O)c2OB1OC. The molecule has 1 atom stereocenters. The van der Waals surface area contributed by atoms with Crippen molar-refractivity contribution >= 4 is 19.0 Å². The van der Waals surface area contributed by atoms with Crippen molar-refractivity contribution in [2.45, 2.75) is 25.7 Å². The number of aromatic carboxylic acids is 1. The average Bonchev–Trinajstić information content (AvgIpc) is 2.45. The van der Waals surface area contributed by atoms with Crippen molar-refractivity contribution in [1.29, 1.82) is 0 Å². The van der Waals surface area contributed by atoms with Crippen LogP contribution in [0.15, 0.2) is 18.2 Å². The number of hydrogen-bond donors (Lipinski definition) is 2. The first kappa shape index (κ1) is 14.4. The van der Waals surface area contributed by atoms with Crippen LogP contribution < -0.4 is 9.97 Å². The zero-order chi connectivity index (χ0) is 14.7. The molecule has 0 bridgehead atoms. The maximum Gasteiger partial charge on any atom is 0.549 e. The minimum atomic E-state index is -1.05. The van der Waals surface area contributed by atoms with Gasteiger partial charge in [0, 0.05) is 13.5 Å². The summed E-state index contributed by atoms with van der Waals surface area (Å²) in [4.78, 5) is 22.7. The molecule has 1 amide bonds. The molecule has 6 nitrogen and oxygen atoms in total. The Kier molecular flexibility index (Phi) is 4.29. The quantitative estimate of drug-likeness (QED) is 0.798. The van der Waals surface area contributed by atoms with Gasteiger partial charge in [0.05, 0.1) is 11.5 Å². The van der Waals surface area contributed by atoms with Crippen LogP contribution in [0.3, 0.4) is 0 Å². The number of carboxylic acid groups (broad SMARTS) is 1. The second-order valence-electron chi connectivity index (χ2n) is 4.55. The number of amides is 1. The Labute approximate surface area is 117 Å². The van der Waals surface area contributed by atoms with Crippen molar-refractivity contribution in [1.82, 2.24) is 5.32 Å². The number of carbonyl (C=O) groups excluding carboxylic acids is 1. The van der Waals surface area contributed by atoms with Crippen LogP contribution in [-0.4, -0.2) is 37.2 Å². The van der Waals surface area contributed by atoms with Crippen LogP contribution in [0, 0.1) is 0 Å². The van der Waals surface area contributed by atoms with Gasteiger partial charge in [-0.05, 0) is 18.1 Å². The van der Waals surface area contributed by atoms with E-state index in [0.717, 1.165) is 5.56 Å². The highest BCUT2D eigenvalue weighted by Crippen LogP contribution is 2.30. The van der Waals surface area contributed by atoms with E-state index in [9.17, 15) is 9.59 Å². The summed E-state index contributed by atoms with van der Waals surface area (Å²) < 4.78 is 10.8. The summed E-state index contributed by atoms with van der Waals surface area (Å²) in [7, 11) is 0.767. The summed E-state index contributed by atoms with van der Waals surface area (Å²) in [6.07, 6.45) is 0.843. The van der Waals surface area contributed by atoms with Crippen LogP contribution in [0.1, 0.15) is 29.3 Å². The molecule has 0 saturated carbocycles. The lowest BCUT2D eigenvalue weighted by Crippen LogP contribution is -2.54. The van der Waals surface area contributed by atoms with Gasteiger partial charge in [0.25, 0.3) is 0 Å². The van der Waals surface area contributed by atoms with E-state index in [1.807, 2.05) is 0 Å². The smallest absolute Gasteiger partial charge is 0.534 e. The van der Waals surface area contributed by atoms with E-state index in [-0.39, 0.29) is 17.4 Å². The standard InChI is InChI=1S/C13H16BNO5/c1-3-11(16)15-10-7-8-5-4-6-9(13(17)18)12(8)20-14(10)19-2/h4-6,10H,3,7H2,1-2H3,(H,15,16)(H,17,18). The molecule has 106 valence electrons. The summed E-state index contributed by atoms with van der Waals surface area (Å²) in [6.45, 7) is 1.76. The molecule has 0 fully saturated rings. The molecule has 2 N–H and O–H groups in total. The van der Waals surface area contributed by atoms with Crippen molar-refractivity contribution in [3.05, 3.63) is 29.3 Å². The highest BCUT2D eigenvalue weighted by Gasteiger charge is 2.39. The van der Waals surface area contributed by atoms with Crippen molar-refractivity contribution < 1.29 is 24.0 Å². The fourth-order valence-corrected chi connectivity index (χ4v) is 2.22. The third-order valence-corrected chi connectivity index (χ3v) is 3.23. The minimum absolute atomic E-state index is 0.0986. The number of rotatable bonds is 4. The van der Waals surface area contributed by atoms with Crippen LogP contribution in [0.4, 0.5) is 0 Å². The van der Waals surface area contributed by atoms with Gasteiger partial charge in [-0.3, -0.25) is 4.79 Å². The lowest BCUT2D eigenvalue weighted by Gasteiger charge is -2.30. The lowest BCUT2D eigenvalue weighted by molar-refractivity contribution is -0.121. The van der Waals surface area contributed by atoms with Gasteiger partial charge in [0.1, 0.15) is 5.75 Å². The summed E-state index contributed by atoms with van der Waals surface area (Å²) >= 11 is 0. The first-order chi connectivity index (χ1) is 9.56. The number of carbonyl (C=O) groups is 2. The van der Waals surface area contributed by atoms with Crippen molar-refractivity contribution in [3.8, 4) is 5.75 Å². The zero-order valence-electron chi connectivity index (χ0n) is 11.4. The van der Waals surface area contributed by atoms with Crippen molar-refractivity contribution in [3.63, 3.8) is 0 Å². The summed E-state index contributed by atoms with van der Waals surface area (Å²) in [6, 6.07) is 4.94. The molecular formula is C13H16BNO5. The molecule has 1 aliphatic rings. The molecule has 0 aromatic heterocycles. The van der Waals surface area contributed by atoms with E-state index in [4.69, 9.17) is 14.4 Å². The monoisotopic (exact) mass is 277 g/mol. The van der Waals surface area contributed by atoms with Crippen molar-refractivity contribution in [2.24, 2.45) is 0 Å². The van der Waals surface area contributed by atoms with Gasteiger partial charge in [-0.2, -0.15) is 0 Å². The van der Waals surface area contributed by atoms with Crippen molar-refractivity contribution in [2.75, 3.05) is 7.11 Å². The molecule has 1 aromatic rings. The second-order valence-corrected chi connectivity index (χ2v) is 4.55. The van der Waals surface area contributed by atoms with Crippen LogP contribution in [0.2, 0.25) is 0 Å². The Morgan fingerprint density at radius 1 is 1.55 bits per heavy atom. The molecule has 1 unspecified atom stereocenters. The first-order valence-corrected chi connectivity index (χ1v) is 6.40. The van der Waals surface area contributed by atoms with E-state index >= 15 is 0 Å². The van der Waals surface area contributed by atoms with E-state index in [1.54, 1.807) is 19.1 Å². The van der Waals surface area contributed by atoms with Crippen LogP contribution in [0.5, 0.6) is 5.75 Å². The number of para-hydroxylation sites is 1. The van der Waals surface area contributed by atoms with Gasteiger partial charge in [-0.15, -0.1) is 0 Å². The normalized spacial score (nSPS) is 17.1. The Bertz CT molecular complexity index is 533. The van der Waals surface area contributed by atoms with Gasteiger partial charge >= 0.3 is 13.1 Å². The molecule has 1 heterocycles. The van der Waals surface area contributed by atoms with Crippen LogP contribution >= 0.6 is 0 Å². The predicted octanol–water partition coefficient (Wildman–Crippen LogP) is 0.888. The minimum Gasteiger partial charge on any atom is -0.534 e. The summed E-state index contributed by atoms with van der Waals surface area (Å²) in [5.74, 6) is -1.16. The number of hydrogen-bond acceptors (Lipinski definition) is 4. The molecule has 1 aliphatic heterocycles. The van der Waals surface area contributed by atoms with Gasteiger partial charge in [0.15, 0.2) is 0 Å². The van der Waals surface area contributed by atoms with E-state index in [2.05, 4.69) is 5.32 Å². The maximum absolute atomic E-state index is 11.5. The van der Waals surface area contributed by atoms with E-state index < -0.39 is 13.1 Å². The van der Waals surface area contributed by atoms with E-state index in [1.165, 1.54) is 13.2 Å². The number of benzene rings is 1. The fraction of sp³-hybridized carbons (Fsp3) is 0.385. The largest absolute Gasteiger partial charge is 0.549 e. The Morgan fingerprint density at radius 3 is 2.90 bits per heavy atom. The third-order valence-electron chi connectivity index (χ3n) is 3.23. The lowest BCUT2D eigenvalue weighted by atomic mass is 9.71. The van der Waals surface area contributed by atoms with Gasteiger partial charge < -0.3 is 19.7 Å². The molecule has 7 heteroatoms. The Balaban J connectivity index is 2.30. The molecule has 0 spiro atoms. The van der Waals surface area contributed by atoms with Crippen LogP contribution in [0.25, 0.3) is 0 Å². The second kappa shape index (κ2) is 5.96. The molecule has 0 radical (unpaired) electrons. The number of fused-ring (bicyclic) bond motifs is 1. The summed E-state index contributed by atoms with van der Waals surface area (Å²) in [5, 5.41) is 12.0. The summed E-state index contributed by atoms with van der Waals surface area (Å²) in [5.41, 5.74) is 0.851. The Morgan fingerprint density at radius 2 is 2.30 bits per heavy atom. The first-order valence-electron chi connectivity index (χ1n) is 6.40. The molecule has 1 aromatic carbocycles. The molecule has 0 saturated heterocycles. The number of nitrogens with one attached hydrogen (secondary N) is 1. The predicted molar refractivity (Wildman–Crippen MR) is 72.7 cm³/mol. The molecule has 20 heavy (non-hydrogen) atoms. The zero-order valence-corrected chi connectivity index (χ0v) is 11.4. The van der Waals surface area contributed by atoms with Gasteiger partial charge in [-0.1, -0.05) is 19.1 Å². The molecule has 2 rings (SSSR count). The fourth-order valence-electron chi connectivity index (χ4n) is 2.22. The highest BCUT2D eigenvalue weighted by atomic mass is 16.6. The number of carboxylic acids is 1. The maximum atomic E-state index is 11.5. The topological polar surface area (TPSA) is 84.9 Å². The highest BCUT2D eigenvalue weighted by molar-refractivity contribution is 6.48. The molecular weight excluding hydrogens is 261 g/mol. The Hall–Kier alpha value is -2.02. The van der Waals surface area contributed by atoms with E-state index in [0.29, 0.717) is 18.6 Å².